The fourth-order valence-electron chi connectivity index (χ4n) is 1.85. The summed E-state index contributed by atoms with van der Waals surface area (Å²) in [5, 5.41) is 0. The molecule has 3 nitrogen and oxygen atoms in total. The highest BCUT2D eigenvalue weighted by molar-refractivity contribution is 7.71. The van der Waals surface area contributed by atoms with E-state index in [1.165, 1.54) is 12.8 Å². The summed E-state index contributed by atoms with van der Waals surface area (Å²) in [5.74, 6) is 0.937. The van der Waals surface area contributed by atoms with Crippen LogP contribution in [0.2, 0.25) is 0 Å². The Balaban J connectivity index is 1.91. The van der Waals surface area contributed by atoms with Crippen molar-refractivity contribution >= 4 is 12.2 Å². The smallest absolute Gasteiger partial charge is 0.132 e. The summed E-state index contributed by atoms with van der Waals surface area (Å²) >= 11 is 5.18. The predicted molar refractivity (Wildman–Crippen MR) is 73.2 cm³/mol. The average molecular weight is 258 g/mol. The van der Waals surface area contributed by atoms with Crippen molar-refractivity contribution in [2.45, 2.75) is 25.9 Å². The molecule has 92 valence electrons. The van der Waals surface area contributed by atoms with Gasteiger partial charge in [-0.2, -0.15) is 0 Å². The molecule has 0 amide bonds. The lowest BCUT2D eigenvalue weighted by atomic mass is 10.1. The lowest BCUT2D eigenvalue weighted by Gasteiger charge is -2.08. The maximum Gasteiger partial charge on any atom is 0.132 e. The highest BCUT2D eigenvalue weighted by atomic mass is 32.1. The summed E-state index contributed by atoms with van der Waals surface area (Å²) in [6, 6.07) is 8.10. The number of nitrogens with zero attached hydrogens (tertiary/aromatic N) is 1. The molecule has 4 heteroatoms. The summed E-state index contributed by atoms with van der Waals surface area (Å²) in [5.41, 5.74) is 3.13. The normalized spacial score (nSPS) is 14.5. The molecule has 18 heavy (non-hydrogen) atoms. The van der Waals surface area contributed by atoms with Gasteiger partial charge in [0.15, 0.2) is 0 Å². The first-order chi connectivity index (χ1) is 8.74. The van der Waals surface area contributed by atoms with Gasteiger partial charge >= 0.3 is 0 Å². The number of ether oxygens (including phenoxy) is 1. The Morgan fingerprint density at radius 3 is 2.67 bits per heavy atom. The van der Waals surface area contributed by atoms with E-state index in [1.807, 2.05) is 31.2 Å². The topological polar surface area (TPSA) is 37.9 Å². The van der Waals surface area contributed by atoms with Crippen LogP contribution in [-0.2, 0) is 0 Å². The predicted octanol–water partition coefficient (Wildman–Crippen LogP) is 3.66. The number of aromatic nitrogens is 2. The van der Waals surface area contributed by atoms with Crippen LogP contribution in [0.25, 0.3) is 11.3 Å². The molecule has 0 saturated heterocycles. The van der Waals surface area contributed by atoms with Crippen molar-refractivity contribution < 1.29 is 4.74 Å². The molecule has 1 heterocycles. The first-order valence-electron chi connectivity index (χ1n) is 6.05. The van der Waals surface area contributed by atoms with E-state index < -0.39 is 0 Å². The number of H-pyrrole nitrogens is 1. The molecule has 1 aliphatic rings. The average Bonchev–Trinajstić information content (AvgIpc) is 3.18. The zero-order valence-corrected chi connectivity index (χ0v) is 11.0. The third-order valence-electron chi connectivity index (χ3n) is 3.06. The number of hydrogen-bond donors (Lipinski definition) is 1. The van der Waals surface area contributed by atoms with E-state index in [4.69, 9.17) is 17.0 Å². The molecule has 0 unspecified atom stereocenters. The van der Waals surface area contributed by atoms with Gasteiger partial charge in [0.1, 0.15) is 10.4 Å². The number of hydrogen-bond acceptors (Lipinski definition) is 3. The van der Waals surface area contributed by atoms with Crippen molar-refractivity contribution in [2.75, 3.05) is 0 Å². The van der Waals surface area contributed by atoms with Crippen LogP contribution >= 0.6 is 12.2 Å². The quantitative estimate of drug-likeness (QED) is 0.854. The van der Waals surface area contributed by atoms with E-state index in [2.05, 4.69) is 9.97 Å². The van der Waals surface area contributed by atoms with E-state index in [1.54, 1.807) is 6.33 Å². The Hall–Kier alpha value is -1.68. The third-order valence-corrected chi connectivity index (χ3v) is 3.47. The van der Waals surface area contributed by atoms with Crippen molar-refractivity contribution in [2.24, 2.45) is 0 Å². The van der Waals surface area contributed by atoms with E-state index in [0.29, 0.717) is 10.7 Å². The first-order valence-corrected chi connectivity index (χ1v) is 6.46. The maximum absolute atomic E-state index is 5.73. The molecular formula is C14H14N2OS. The Morgan fingerprint density at radius 1 is 1.28 bits per heavy atom. The molecule has 0 radical (unpaired) electrons. The Labute approximate surface area is 111 Å². The molecule has 2 aromatic rings. The Morgan fingerprint density at radius 2 is 2.00 bits per heavy atom. The van der Waals surface area contributed by atoms with Gasteiger partial charge in [0.25, 0.3) is 0 Å². The molecule has 3 rings (SSSR count). The molecule has 0 aliphatic heterocycles. The number of aromatic amines is 1. The fraction of sp³-hybridized carbons (Fsp3) is 0.286. The van der Waals surface area contributed by atoms with Crippen LogP contribution in [0.15, 0.2) is 30.6 Å². The molecule has 1 N–H and O–H groups in total. The molecule has 0 spiro atoms. The monoisotopic (exact) mass is 258 g/mol. The van der Waals surface area contributed by atoms with Crippen LogP contribution in [0.3, 0.4) is 0 Å². The molecule has 1 aromatic heterocycles. The lowest BCUT2D eigenvalue weighted by molar-refractivity contribution is 0.303. The van der Waals surface area contributed by atoms with Gasteiger partial charge < -0.3 is 9.72 Å². The third kappa shape index (κ3) is 2.29. The number of nitrogens with one attached hydrogen (secondary N) is 1. The minimum atomic E-state index is 0.435. The highest BCUT2D eigenvalue weighted by Gasteiger charge is 2.23. The summed E-state index contributed by atoms with van der Waals surface area (Å²) in [6.45, 7) is 1.98. The summed E-state index contributed by atoms with van der Waals surface area (Å²) < 4.78 is 6.37. The van der Waals surface area contributed by atoms with Crippen LogP contribution in [0.4, 0.5) is 0 Å². The summed E-state index contributed by atoms with van der Waals surface area (Å²) in [4.78, 5) is 7.21. The minimum absolute atomic E-state index is 0.435. The van der Waals surface area contributed by atoms with Gasteiger partial charge in [-0.15, -0.1) is 0 Å². The van der Waals surface area contributed by atoms with Crippen LogP contribution in [0.1, 0.15) is 18.4 Å². The second-order valence-corrected chi connectivity index (χ2v) is 4.94. The summed E-state index contributed by atoms with van der Waals surface area (Å²) in [7, 11) is 0. The zero-order valence-electron chi connectivity index (χ0n) is 10.1. The Kier molecular flexibility index (Phi) is 2.88. The van der Waals surface area contributed by atoms with Crippen molar-refractivity contribution in [1.29, 1.82) is 0 Å². The van der Waals surface area contributed by atoms with Crippen LogP contribution < -0.4 is 4.74 Å². The number of rotatable bonds is 3. The second-order valence-electron chi connectivity index (χ2n) is 4.55. The molecule has 1 aromatic carbocycles. The minimum Gasteiger partial charge on any atom is -0.490 e. The van der Waals surface area contributed by atoms with E-state index in [0.717, 1.165) is 22.6 Å². The lowest BCUT2D eigenvalue weighted by Crippen LogP contribution is -1.96. The SMILES string of the molecule is Cc1c(-c2ccc(OC3CC3)cc2)[nH]cnc1=S. The van der Waals surface area contributed by atoms with E-state index in [9.17, 15) is 0 Å². The van der Waals surface area contributed by atoms with Gasteiger partial charge in [-0.1, -0.05) is 12.2 Å². The van der Waals surface area contributed by atoms with Gasteiger partial charge in [-0.05, 0) is 49.6 Å². The molecular weight excluding hydrogens is 244 g/mol. The van der Waals surface area contributed by atoms with E-state index in [-0.39, 0.29) is 0 Å². The standard InChI is InChI=1S/C14H14N2OS/c1-9-13(15-8-16-14(9)18)10-2-4-11(5-3-10)17-12-6-7-12/h2-5,8,12H,6-7H2,1H3,(H,15,16,18). The van der Waals surface area contributed by atoms with Gasteiger partial charge in [0.05, 0.1) is 18.1 Å². The van der Waals surface area contributed by atoms with Gasteiger partial charge in [-0.3, -0.25) is 0 Å². The molecule has 1 saturated carbocycles. The molecule has 1 aliphatic carbocycles. The second kappa shape index (κ2) is 4.53. The first kappa shape index (κ1) is 11.4. The van der Waals surface area contributed by atoms with Gasteiger partial charge in [0.2, 0.25) is 0 Å². The van der Waals surface area contributed by atoms with E-state index >= 15 is 0 Å². The highest BCUT2D eigenvalue weighted by Crippen LogP contribution is 2.28. The van der Waals surface area contributed by atoms with Crippen molar-refractivity contribution in [1.82, 2.24) is 9.97 Å². The zero-order chi connectivity index (χ0) is 12.5. The Bertz CT molecular complexity index is 614. The molecule has 1 fully saturated rings. The van der Waals surface area contributed by atoms with Crippen molar-refractivity contribution in [3.8, 4) is 17.0 Å². The molecule has 0 atom stereocenters. The van der Waals surface area contributed by atoms with Gasteiger partial charge in [-0.25, -0.2) is 4.98 Å². The van der Waals surface area contributed by atoms with Crippen molar-refractivity contribution in [3.05, 3.63) is 40.8 Å². The summed E-state index contributed by atoms with van der Waals surface area (Å²) in [6.07, 6.45) is 4.43. The largest absolute Gasteiger partial charge is 0.490 e. The fourth-order valence-corrected chi connectivity index (χ4v) is 2.00. The van der Waals surface area contributed by atoms with Crippen molar-refractivity contribution in [3.63, 3.8) is 0 Å². The molecule has 0 bridgehead atoms. The van der Waals surface area contributed by atoms with Crippen LogP contribution in [0, 0.1) is 11.6 Å². The number of benzene rings is 1. The van der Waals surface area contributed by atoms with Gasteiger partial charge in [0, 0.05) is 5.56 Å². The van der Waals surface area contributed by atoms with Crippen LogP contribution in [0.5, 0.6) is 5.75 Å². The maximum atomic E-state index is 5.73. The van der Waals surface area contributed by atoms with Crippen LogP contribution in [-0.4, -0.2) is 16.1 Å².